The number of benzene rings is 2. The summed E-state index contributed by atoms with van der Waals surface area (Å²) in [6.45, 7) is 2.66. The zero-order valence-corrected chi connectivity index (χ0v) is 18.1. The van der Waals surface area contributed by atoms with Crippen molar-refractivity contribution >= 4 is 28.4 Å². The first-order valence-corrected chi connectivity index (χ1v) is 10.9. The third-order valence-electron chi connectivity index (χ3n) is 5.79. The second-order valence-corrected chi connectivity index (χ2v) is 8.06. The van der Waals surface area contributed by atoms with Crippen LogP contribution in [0.25, 0.3) is 10.9 Å². The van der Waals surface area contributed by atoms with Gasteiger partial charge in [-0.2, -0.15) is 10.1 Å². The van der Waals surface area contributed by atoms with Gasteiger partial charge in [0.2, 0.25) is 5.95 Å². The average molecular weight is 430 g/mol. The van der Waals surface area contributed by atoms with Crippen LogP contribution < -0.4 is 20.3 Å². The fourth-order valence-electron chi connectivity index (χ4n) is 4.11. The summed E-state index contributed by atoms with van der Waals surface area (Å²) in [5, 5.41) is 15.2. The van der Waals surface area contributed by atoms with Gasteiger partial charge in [0, 0.05) is 42.9 Å². The molecule has 1 saturated heterocycles. The average Bonchev–Trinajstić information content (AvgIpc) is 3.31. The van der Waals surface area contributed by atoms with E-state index < -0.39 is 0 Å². The molecule has 8 heteroatoms. The first kappa shape index (κ1) is 20.3. The minimum Gasteiger partial charge on any atom is -0.497 e. The minimum atomic E-state index is 0.388. The molecular formula is C24H27N7O. The summed E-state index contributed by atoms with van der Waals surface area (Å²) in [5.41, 5.74) is 3.21. The highest BCUT2D eigenvalue weighted by atomic mass is 16.5. The number of hydrogen-bond acceptors (Lipinski definition) is 7. The molecule has 3 heterocycles. The van der Waals surface area contributed by atoms with Gasteiger partial charge >= 0.3 is 0 Å². The normalized spacial score (nSPS) is 16.3. The van der Waals surface area contributed by atoms with Crippen molar-refractivity contribution in [2.75, 3.05) is 30.4 Å². The molecule has 164 valence electrons. The Morgan fingerprint density at radius 1 is 1.19 bits per heavy atom. The maximum atomic E-state index is 5.33. The summed E-state index contributed by atoms with van der Waals surface area (Å²) in [7, 11) is 1.70. The Labute approximate surface area is 187 Å². The summed E-state index contributed by atoms with van der Waals surface area (Å²) < 4.78 is 5.33. The number of nitrogens with one attached hydrogen (secondary N) is 3. The van der Waals surface area contributed by atoms with Crippen molar-refractivity contribution in [1.82, 2.24) is 25.5 Å². The minimum absolute atomic E-state index is 0.388. The number of nitrogens with zero attached hydrogens (tertiary/aromatic N) is 4. The first-order chi connectivity index (χ1) is 15.8. The largest absolute Gasteiger partial charge is 0.497 e. The standard InChI is InChI=1S/C24H27N7O/c1-32-21-6-2-4-17(12-21)14-26-20-5-3-11-31(16-20)24-25-10-9-23(29-24)28-19-7-8-22-18(13-19)15-27-30-22/h2,4,6-10,12-13,15,20,26H,3,5,11,14,16H2,1H3,(H,27,30)(H,25,28,29). The number of piperidine rings is 1. The van der Waals surface area contributed by atoms with Gasteiger partial charge in [0.25, 0.3) is 0 Å². The Hall–Kier alpha value is -3.65. The van der Waals surface area contributed by atoms with Crippen molar-refractivity contribution in [3.63, 3.8) is 0 Å². The van der Waals surface area contributed by atoms with Gasteiger partial charge in [0.05, 0.1) is 18.8 Å². The molecule has 0 bridgehead atoms. The van der Waals surface area contributed by atoms with E-state index in [1.807, 2.05) is 42.7 Å². The van der Waals surface area contributed by atoms with Crippen molar-refractivity contribution in [3.05, 3.63) is 66.5 Å². The van der Waals surface area contributed by atoms with E-state index >= 15 is 0 Å². The van der Waals surface area contributed by atoms with Crippen molar-refractivity contribution in [2.24, 2.45) is 0 Å². The number of hydrogen-bond donors (Lipinski definition) is 3. The maximum absolute atomic E-state index is 5.33. The molecule has 2 aromatic carbocycles. The molecule has 0 amide bonds. The van der Waals surface area contributed by atoms with Gasteiger partial charge in [-0.05, 0) is 54.8 Å². The van der Waals surface area contributed by atoms with Gasteiger partial charge < -0.3 is 20.3 Å². The van der Waals surface area contributed by atoms with Gasteiger partial charge in [0.15, 0.2) is 0 Å². The van der Waals surface area contributed by atoms with Crippen molar-refractivity contribution < 1.29 is 4.74 Å². The molecule has 1 atom stereocenters. The van der Waals surface area contributed by atoms with E-state index in [1.165, 1.54) is 5.56 Å². The third kappa shape index (κ3) is 4.65. The Morgan fingerprint density at radius 3 is 3.09 bits per heavy atom. The summed E-state index contributed by atoms with van der Waals surface area (Å²) in [5.74, 6) is 2.43. The molecule has 1 unspecified atom stereocenters. The van der Waals surface area contributed by atoms with Crippen LogP contribution in [0.5, 0.6) is 5.75 Å². The lowest BCUT2D eigenvalue weighted by atomic mass is 10.1. The summed E-state index contributed by atoms with van der Waals surface area (Å²) in [4.78, 5) is 11.6. The number of rotatable bonds is 7. The van der Waals surface area contributed by atoms with Crippen molar-refractivity contribution in [3.8, 4) is 5.75 Å². The second-order valence-electron chi connectivity index (χ2n) is 8.06. The van der Waals surface area contributed by atoms with Crippen LogP contribution in [-0.2, 0) is 6.54 Å². The Balaban J connectivity index is 1.23. The van der Waals surface area contributed by atoms with Gasteiger partial charge in [0.1, 0.15) is 11.6 Å². The van der Waals surface area contributed by atoms with Crippen LogP contribution in [0.3, 0.4) is 0 Å². The lowest BCUT2D eigenvalue weighted by molar-refractivity contribution is 0.409. The molecule has 0 radical (unpaired) electrons. The number of methoxy groups -OCH3 is 1. The number of aromatic nitrogens is 4. The van der Waals surface area contributed by atoms with Crippen LogP contribution in [0.4, 0.5) is 17.5 Å². The van der Waals surface area contributed by atoms with Gasteiger partial charge in [-0.15, -0.1) is 0 Å². The van der Waals surface area contributed by atoms with Crippen LogP contribution in [-0.4, -0.2) is 46.4 Å². The maximum Gasteiger partial charge on any atom is 0.227 e. The highest BCUT2D eigenvalue weighted by Crippen LogP contribution is 2.22. The van der Waals surface area contributed by atoms with E-state index in [0.29, 0.717) is 6.04 Å². The second kappa shape index (κ2) is 9.23. The van der Waals surface area contributed by atoms with E-state index in [0.717, 1.165) is 66.6 Å². The Kier molecular flexibility index (Phi) is 5.85. The van der Waals surface area contributed by atoms with Crippen molar-refractivity contribution in [1.29, 1.82) is 0 Å². The van der Waals surface area contributed by atoms with Crippen LogP contribution in [0, 0.1) is 0 Å². The van der Waals surface area contributed by atoms with Crippen molar-refractivity contribution in [2.45, 2.75) is 25.4 Å². The molecule has 0 saturated carbocycles. The van der Waals surface area contributed by atoms with Crippen LogP contribution in [0.2, 0.25) is 0 Å². The zero-order chi connectivity index (χ0) is 21.8. The topological polar surface area (TPSA) is 91.0 Å². The van der Waals surface area contributed by atoms with E-state index in [1.54, 1.807) is 7.11 Å². The van der Waals surface area contributed by atoms with Gasteiger partial charge in [-0.1, -0.05) is 12.1 Å². The fourth-order valence-corrected chi connectivity index (χ4v) is 4.11. The zero-order valence-electron chi connectivity index (χ0n) is 18.1. The summed E-state index contributed by atoms with van der Waals surface area (Å²) in [6, 6.07) is 16.6. The van der Waals surface area contributed by atoms with E-state index in [-0.39, 0.29) is 0 Å². The number of aromatic amines is 1. The predicted molar refractivity (Wildman–Crippen MR) is 126 cm³/mol. The highest BCUT2D eigenvalue weighted by molar-refractivity contribution is 5.82. The van der Waals surface area contributed by atoms with Crippen LogP contribution in [0.1, 0.15) is 18.4 Å². The first-order valence-electron chi connectivity index (χ1n) is 10.9. The fraction of sp³-hybridized carbons (Fsp3) is 0.292. The molecule has 32 heavy (non-hydrogen) atoms. The third-order valence-corrected chi connectivity index (χ3v) is 5.79. The van der Waals surface area contributed by atoms with Crippen LogP contribution >= 0.6 is 0 Å². The molecule has 8 nitrogen and oxygen atoms in total. The monoisotopic (exact) mass is 429 g/mol. The number of ether oxygens (including phenoxy) is 1. The van der Waals surface area contributed by atoms with Gasteiger partial charge in [-0.25, -0.2) is 4.98 Å². The Bertz CT molecular complexity index is 1190. The predicted octanol–water partition coefficient (Wildman–Crippen LogP) is 3.86. The molecule has 0 spiro atoms. The van der Waals surface area contributed by atoms with E-state index in [2.05, 4.69) is 48.9 Å². The Morgan fingerprint density at radius 2 is 2.16 bits per heavy atom. The summed E-state index contributed by atoms with van der Waals surface area (Å²) in [6.07, 6.45) is 5.88. The quantitative estimate of drug-likeness (QED) is 0.411. The smallest absolute Gasteiger partial charge is 0.227 e. The van der Waals surface area contributed by atoms with E-state index in [9.17, 15) is 0 Å². The molecule has 4 aromatic rings. The molecule has 3 N–H and O–H groups in total. The molecule has 0 aliphatic carbocycles. The lowest BCUT2D eigenvalue weighted by Crippen LogP contribution is -2.46. The number of anilines is 3. The highest BCUT2D eigenvalue weighted by Gasteiger charge is 2.21. The number of H-pyrrole nitrogens is 1. The molecule has 1 fully saturated rings. The van der Waals surface area contributed by atoms with Crippen LogP contribution in [0.15, 0.2) is 60.9 Å². The SMILES string of the molecule is COc1cccc(CNC2CCCN(c3nccc(Nc4ccc5[nH]ncc5c4)n3)C2)c1. The number of fused-ring (bicyclic) bond motifs is 1. The summed E-state index contributed by atoms with van der Waals surface area (Å²) >= 11 is 0. The molecule has 2 aromatic heterocycles. The van der Waals surface area contributed by atoms with Gasteiger partial charge in [-0.3, -0.25) is 5.10 Å². The molecular weight excluding hydrogens is 402 g/mol. The van der Waals surface area contributed by atoms with E-state index in [4.69, 9.17) is 9.72 Å². The lowest BCUT2D eigenvalue weighted by Gasteiger charge is -2.33. The molecule has 1 aliphatic heterocycles. The molecule has 5 rings (SSSR count). The molecule has 1 aliphatic rings.